The van der Waals surface area contributed by atoms with Gasteiger partial charge in [0.05, 0.1) is 11.7 Å². The molecule has 0 radical (unpaired) electrons. The number of carbonyl (C=O) groups excluding carboxylic acids is 1. The molecule has 2 atom stereocenters. The summed E-state index contributed by atoms with van der Waals surface area (Å²) in [6.07, 6.45) is 4.53. The molecular weight excluding hydrogens is 538 g/mol. The lowest BCUT2D eigenvalue weighted by Gasteiger charge is -2.32. The van der Waals surface area contributed by atoms with Gasteiger partial charge in [0.15, 0.2) is 0 Å². The van der Waals surface area contributed by atoms with Gasteiger partial charge in [-0.05, 0) is 49.1 Å². The number of nitrogens with zero attached hydrogens (tertiary/aromatic N) is 2. The average Bonchev–Trinajstić information content (AvgIpc) is 2.94. The van der Waals surface area contributed by atoms with Gasteiger partial charge in [0.2, 0.25) is 0 Å². The molecule has 1 aromatic heterocycles. The first-order valence-electron chi connectivity index (χ1n) is 14.6. The maximum Gasteiger partial charge on any atom is 0.320 e. The number of amides is 2. The van der Waals surface area contributed by atoms with Crippen LogP contribution in [-0.2, 0) is 0 Å². The molecule has 6 N–H and O–H groups in total. The highest BCUT2D eigenvalue weighted by Crippen LogP contribution is 2.38. The van der Waals surface area contributed by atoms with Gasteiger partial charge < -0.3 is 15.8 Å². The van der Waals surface area contributed by atoms with E-state index in [1.54, 1.807) is 29.0 Å². The molecular formula is C34H43N7O2. The van der Waals surface area contributed by atoms with E-state index in [0.29, 0.717) is 41.6 Å². The minimum atomic E-state index is -0.373. The summed E-state index contributed by atoms with van der Waals surface area (Å²) < 4.78 is 7.90. The molecule has 4 rings (SSSR count). The third-order valence-corrected chi connectivity index (χ3v) is 7.44. The number of allylic oxidation sites excluding steroid dienone is 1. The monoisotopic (exact) mass is 581 g/mol. The lowest BCUT2D eigenvalue weighted by molar-refractivity contribution is 0.171. The van der Waals surface area contributed by atoms with Crippen LogP contribution in [0.25, 0.3) is 0 Å². The first-order valence-corrected chi connectivity index (χ1v) is 14.6. The number of amidine groups is 1. The number of hydrogen-bond donors (Lipinski definition) is 5. The second kappa shape index (κ2) is 13.1. The highest BCUT2D eigenvalue weighted by molar-refractivity contribution is 6.05. The largest absolute Gasteiger partial charge is 0.486 e. The zero-order valence-electron chi connectivity index (χ0n) is 25.9. The summed E-state index contributed by atoms with van der Waals surface area (Å²) in [5.41, 5.74) is 10.7. The van der Waals surface area contributed by atoms with Crippen molar-refractivity contribution < 1.29 is 9.53 Å². The van der Waals surface area contributed by atoms with Gasteiger partial charge in [0.25, 0.3) is 0 Å². The van der Waals surface area contributed by atoms with Crippen LogP contribution < -0.4 is 26.6 Å². The molecule has 0 aliphatic heterocycles. The molecule has 0 bridgehead atoms. The Kier molecular flexibility index (Phi) is 9.53. The maximum atomic E-state index is 13.3. The van der Waals surface area contributed by atoms with Crippen LogP contribution in [0.2, 0.25) is 0 Å². The first kappa shape index (κ1) is 31.3. The molecule has 1 aliphatic carbocycles. The van der Waals surface area contributed by atoms with E-state index in [-0.39, 0.29) is 35.0 Å². The second-order valence-corrected chi connectivity index (χ2v) is 12.3. The Balaban J connectivity index is 1.52. The topological polar surface area (TPSA) is 141 Å². The number of ether oxygens (including phenoxy) is 1. The first-order chi connectivity index (χ1) is 20.3. The zero-order chi connectivity index (χ0) is 31.3. The number of aliphatic imine (C=N–C) groups is 1. The van der Waals surface area contributed by atoms with Crippen LogP contribution in [0.15, 0.2) is 83.6 Å². The van der Waals surface area contributed by atoms with E-state index in [2.05, 4.69) is 15.6 Å². The van der Waals surface area contributed by atoms with Crippen molar-refractivity contribution in [2.24, 2.45) is 22.1 Å². The number of aromatic nitrogens is 1. The summed E-state index contributed by atoms with van der Waals surface area (Å²) in [5, 5.41) is 22.7. The van der Waals surface area contributed by atoms with E-state index < -0.39 is 0 Å². The van der Waals surface area contributed by atoms with Crippen LogP contribution in [0.3, 0.4) is 0 Å². The van der Waals surface area contributed by atoms with Crippen LogP contribution in [-0.4, -0.2) is 22.3 Å². The van der Waals surface area contributed by atoms with E-state index in [9.17, 15) is 4.79 Å². The van der Waals surface area contributed by atoms with E-state index in [0.717, 1.165) is 16.7 Å². The van der Waals surface area contributed by atoms with Gasteiger partial charge in [-0.2, -0.15) is 0 Å². The molecule has 3 aromatic rings. The third-order valence-electron chi connectivity index (χ3n) is 7.44. The third kappa shape index (κ3) is 8.00. The molecule has 1 heterocycles. The Morgan fingerprint density at radius 1 is 1.09 bits per heavy atom. The highest BCUT2D eigenvalue weighted by Gasteiger charge is 2.29. The van der Waals surface area contributed by atoms with Crippen LogP contribution in [0.5, 0.6) is 5.75 Å². The van der Waals surface area contributed by atoms with E-state index in [4.69, 9.17) is 21.3 Å². The van der Waals surface area contributed by atoms with Crippen LogP contribution >= 0.6 is 0 Å². The van der Waals surface area contributed by atoms with Gasteiger partial charge in [-0.1, -0.05) is 76.6 Å². The van der Waals surface area contributed by atoms with Crippen molar-refractivity contribution in [1.82, 2.24) is 15.2 Å². The second-order valence-electron chi connectivity index (χ2n) is 12.3. The summed E-state index contributed by atoms with van der Waals surface area (Å²) in [5.74, 6) is 1.29. The van der Waals surface area contributed by atoms with Crippen molar-refractivity contribution in [2.75, 3.05) is 0 Å². The molecule has 2 unspecified atom stereocenters. The van der Waals surface area contributed by atoms with Gasteiger partial charge in [0, 0.05) is 35.4 Å². The van der Waals surface area contributed by atoms with Crippen molar-refractivity contribution >= 4 is 23.4 Å². The molecule has 9 nitrogen and oxygen atoms in total. The van der Waals surface area contributed by atoms with Crippen molar-refractivity contribution in [2.45, 2.75) is 66.5 Å². The number of benzene rings is 2. The van der Waals surface area contributed by atoms with Gasteiger partial charge >= 0.3 is 6.03 Å². The Hall–Kier alpha value is -4.66. The molecule has 1 aliphatic rings. The molecule has 2 amide bonds. The van der Waals surface area contributed by atoms with Crippen molar-refractivity contribution in [3.05, 3.63) is 101 Å². The number of nitrogens with two attached hydrogens (primary N) is 1. The lowest BCUT2D eigenvalue weighted by atomic mass is 9.85. The predicted octanol–water partition coefficient (Wildman–Crippen LogP) is 6.63. The number of nitrogens with one attached hydrogen (secondary N) is 4. The molecule has 226 valence electrons. The fourth-order valence-electron chi connectivity index (χ4n) is 4.76. The fourth-order valence-corrected chi connectivity index (χ4v) is 4.76. The number of carbonyl (C=O) groups is 1. The van der Waals surface area contributed by atoms with Crippen LogP contribution in [0.4, 0.5) is 10.5 Å². The number of rotatable bonds is 6. The smallest absolute Gasteiger partial charge is 0.320 e. The quantitative estimate of drug-likeness (QED) is 0.165. The van der Waals surface area contributed by atoms with E-state index in [1.807, 2.05) is 90.1 Å². The normalized spacial score (nSPS) is 17.3. The SMILES string of the molecule is Cc1ccc(N=C(C=C(N)C(C)(C)C)NC(=O)NC2CCC(Oc3ccn(C(=N)C(C)C)c(=N)c3)c3ccccc32)cc1. The van der Waals surface area contributed by atoms with Gasteiger partial charge in [-0.15, -0.1) is 0 Å². The summed E-state index contributed by atoms with van der Waals surface area (Å²) in [6.45, 7) is 11.9. The number of urea groups is 1. The Morgan fingerprint density at radius 2 is 1.77 bits per heavy atom. The predicted molar refractivity (Wildman–Crippen MR) is 172 cm³/mol. The molecule has 9 heteroatoms. The van der Waals surface area contributed by atoms with Crippen molar-refractivity contribution in [1.29, 1.82) is 10.8 Å². The summed E-state index contributed by atoms with van der Waals surface area (Å²) in [7, 11) is 0. The zero-order valence-corrected chi connectivity index (χ0v) is 25.9. The molecule has 0 saturated heterocycles. The van der Waals surface area contributed by atoms with Gasteiger partial charge in [-0.25, -0.2) is 9.79 Å². The van der Waals surface area contributed by atoms with Crippen LogP contribution in [0, 0.1) is 29.1 Å². The maximum absolute atomic E-state index is 13.3. The van der Waals surface area contributed by atoms with Gasteiger partial charge in [-0.3, -0.25) is 20.7 Å². The summed E-state index contributed by atoms with van der Waals surface area (Å²) in [4.78, 5) is 18.0. The molecule has 2 aromatic carbocycles. The van der Waals surface area contributed by atoms with Crippen molar-refractivity contribution in [3.8, 4) is 5.75 Å². The van der Waals surface area contributed by atoms with E-state index >= 15 is 0 Å². The molecule has 0 saturated carbocycles. The molecule has 43 heavy (non-hydrogen) atoms. The number of pyridine rings is 1. The summed E-state index contributed by atoms with van der Waals surface area (Å²) in [6, 6.07) is 18.5. The van der Waals surface area contributed by atoms with Crippen molar-refractivity contribution in [3.63, 3.8) is 0 Å². The summed E-state index contributed by atoms with van der Waals surface area (Å²) >= 11 is 0. The highest BCUT2D eigenvalue weighted by atomic mass is 16.5. The minimum Gasteiger partial charge on any atom is -0.486 e. The number of aryl methyl sites for hydroxylation is 1. The minimum absolute atomic E-state index is 0.00421. The Morgan fingerprint density at radius 3 is 2.40 bits per heavy atom. The molecule has 0 fully saturated rings. The van der Waals surface area contributed by atoms with Gasteiger partial charge in [0.1, 0.15) is 29.0 Å². The van der Waals surface area contributed by atoms with Crippen LogP contribution in [0.1, 0.15) is 76.3 Å². The Labute approximate surface area is 253 Å². The fraction of sp³-hybridized carbons (Fsp3) is 0.353. The molecule has 0 spiro atoms. The standard InChI is InChI=1S/C34H43N7O2/c1-21(2)32(37)41-18-17-24(19-30(41)36)43-28-16-15-27(25-9-7-8-10-26(25)28)39-33(42)40-31(20-29(35)34(4,5)6)38-23-13-11-22(3)12-14-23/h7-14,17-21,27-28,36-37H,15-16,35H2,1-6H3,(H2,38,39,40,42). The lowest BCUT2D eigenvalue weighted by Crippen LogP contribution is -2.42. The average molecular weight is 582 g/mol. The Bertz CT molecular complexity index is 1590. The van der Waals surface area contributed by atoms with E-state index in [1.165, 1.54) is 0 Å². The number of fused-ring (bicyclic) bond motifs is 1. The number of hydrogen-bond acceptors (Lipinski definition) is 6.